The molecule has 30 heavy (non-hydrogen) atoms. The summed E-state index contributed by atoms with van der Waals surface area (Å²) in [7, 11) is 0. The minimum absolute atomic E-state index is 0.0129. The Hall–Kier alpha value is -3.23. The van der Waals surface area contributed by atoms with Gasteiger partial charge in [0.15, 0.2) is 17.3 Å². The molecule has 3 N–H and O–H groups in total. The van der Waals surface area contributed by atoms with Crippen molar-refractivity contribution in [3.8, 4) is 17.2 Å². The minimum atomic E-state index is -0.637. The Balaban J connectivity index is 1.55. The Kier molecular flexibility index (Phi) is 6.06. The highest BCUT2D eigenvalue weighted by molar-refractivity contribution is 6.02. The second kappa shape index (κ2) is 9.06. The van der Waals surface area contributed by atoms with Crippen LogP contribution in [0.4, 0.5) is 5.69 Å². The molecule has 2 aliphatic rings. The largest absolute Gasteiger partial charge is 0.508 e. The van der Waals surface area contributed by atoms with E-state index in [0.29, 0.717) is 36.6 Å². The van der Waals surface area contributed by atoms with Gasteiger partial charge in [0.05, 0.1) is 6.61 Å². The molecule has 0 aromatic heterocycles. The Morgan fingerprint density at radius 1 is 1.17 bits per heavy atom. The third-order valence-corrected chi connectivity index (χ3v) is 4.82. The molecule has 1 amide bonds. The van der Waals surface area contributed by atoms with E-state index in [-0.39, 0.29) is 30.8 Å². The molecule has 0 fully saturated rings. The number of phenolic OH excluding ortho intramolecular Hbond substituents is 1. The van der Waals surface area contributed by atoms with Gasteiger partial charge < -0.3 is 34.5 Å². The van der Waals surface area contributed by atoms with Crippen molar-refractivity contribution in [1.29, 1.82) is 0 Å². The topological polar surface area (TPSA) is 106 Å². The number of allylic oxidation sites excluding steroid dienone is 1. The molecular formula is C22H23NO7. The molecule has 0 unspecified atom stereocenters. The number of hydrogen-bond donors (Lipinski definition) is 3. The molecule has 0 saturated carbocycles. The van der Waals surface area contributed by atoms with Crippen molar-refractivity contribution < 1.29 is 34.0 Å². The van der Waals surface area contributed by atoms with Crippen LogP contribution in [0.2, 0.25) is 0 Å². The number of phenols is 1. The number of ether oxygens (including phenoxy) is 4. The average Bonchev–Trinajstić information content (AvgIpc) is 3.21. The van der Waals surface area contributed by atoms with E-state index in [1.165, 1.54) is 12.1 Å². The second-order valence-electron chi connectivity index (χ2n) is 6.99. The zero-order valence-electron chi connectivity index (χ0n) is 16.2. The maximum absolute atomic E-state index is 12.8. The highest BCUT2D eigenvalue weighted by atomic mass is 16.7. The molecule has 0 saturated heterocycles. The summed E-state index contributed by atoms with van der Waals surface area (Å²) < 4.78 is 22.3. The van der Waals surface area contributed by atoms with Gasteiger partial charge in [-0.25, -0.2) is 0 Å². The van der Waals surface area contributed by atoms with Crippen LogP contribution in [0.15, 0.2) is 54.3 Å². The van der Waals surface area contributed by atoms with Gasteiger partial charge in [0, 0.05) is 30.7 Å². The van der Waals surface area contributed by atoms with Crippen LogP contribution in [0.5, 0.6) is 17.2 Å². The molecule has 2 atom stereocenters. The van der Waals surface area contributed by atoms with Gasteiger partial charge in [-0.2, -0.15) is 0 Å². The lowest BCUT2D eigenvalue weighted by Crippen LogP contribution is -2.29. The number of fused-ring (bicyclic) bond motifs is 1. The number of benzene rings is 2. The number of rotatable bonds is 7. The number of hydrogen-bond acceptors (Lipinski definition) is 7. The van der Waals surface area contributed by atoms with Crippen LogP contribution in [-0.2, 0) is 14.3 Å². The molecular weight excluding hydrogens is 390 g/mol. The first-order valence-corrected chi connectivity index (χ1v) is 9.73. The summed E-state index contributed by atoms with van der Waals surface area (Å²) in [6.07, 6.45) is 2.10. The normalized spacial score (nSPS) is 19.7. The van der Waals surface area contributed by atoms with Gasteiger partial charge in [-0.1, -0.05) is 12.1 Å². The van der Waals surface area contributed by atoms with Crippen molar-refractivity contribution in [3.63, 3.8) is 0 Å². The standard InChI is InChI=1S/C22H23NO7/c24-7-2-8-27-21-11-15(14-5-6-18-19(9-14)29-13-28-18)10-20(30-21)22(26)23-16-3-1-4-17(25)12-16/h1,3-6,9-10,12,15,21,24-25H,2,7-8,11,13H2,(H,23,26)/t15-,21+/m1/s1. The van der Waals surface area contributed by atoms with Gasteiger partial charge in [0.1, 0.15) is 5.75 Å². The summed E-state index contributed by atoms with van der Waals surface area (Å²) in [6, 6.07) is 11.9. The van der Waals surface area contributed by atoms with Crippen LogP contribution in [-0.4, -0.2) is 42.4 Å². The van der Waals surface area contributed by atoms with Gasteiger partial charge in [-0.05, 0) is 42.3 Å². The van der Waals surface area contributed by atoms with Crippen LogP contribution in [0.25, 0.3) is 0 Å². The molecule has 0 aliphatic carbocycles. The fourth-order valence-corrected chi connectivity index (χ4v) is 3.35. The van der Waals surface area contributed by atoms with Gasteiger partial charge in [-0.3, -0.25) is 4.79 Å². The predicted molar refractivity (Wildman–Crippen MR) is 107 cm³/mol. The van der Waals surface area contributed by atoms with E-state index in [1.54, 1.807) is 18.2 Å². The number of aliphatic hydroxyl groups is 1. The third-order valence-electron chi connectivity index (χ3n) is 4.82. The van der Waals surface area contributed by atoms with Crippen LogP contribution in [0.3, 0.4) is 0 Å². The number of aliphatic hydroxyl groups excluding tert-OH is 1. The first-order valence-electron chi connectivity index (χ1n) is 9.73. The Morgan fingerprint density at radius 3 is 2.87 bits per heavy atom. The Labute approximate surface area is 173 Å². The SMILES string of the molecule is O=C(Nc1cccc(O)c1)C1=C[C@@H](c2ccc3c(c2)OCO3)C[C@@H](OCCCO)O1. The number of carbonyl (C=O) groups excluding carboxylic acids is 1. The fraction of sp³-hybridized carbons (Fsp3) is 0.318. The van der Waals surface area contributed by atoms with Crippen LogP contribution < -0.4 is 14.8 Å². The average molecular weight is 413 g/mol. The molecule has 8 nitrogen and oxygen atoms in total. The minimum Gasteiger partial charge on any atom is -0.508 e. The van der Waals surface area contributed by atoms with Crippen molar-refractivity contribution in [1.82, 2.24) is 0 Å². The van der Waals surface area contributed by atoms with Crippen LogP contribution >= 0.6 is 0 Å². The van der Waals surface area contributed by atoms with Crippen molar-refractivity contribution in [3.05, 3.63) is 59.9 Å². The van der Waals surface area contributed by atoms with E-state index in [2.05, 4.69) is 5.32 Å². The van der Waals surface area contributed by atoms with Gasteiger partial charge in [0.2, 0.25) is 13.1 Å². The highest BCUT2D eigenvalue weighted by Crippen LogP contribution is 2.38. The van der Waals surface area contributed by atoms with Crippen molar-refractivity contribution >= 4 is 11.6 Å². The Morgan fingerprint density at radius 2 is 2.03 bits per heavy atom. The highest BCUT2D eigenvalue weighted by Gasteiger charge is 2.29. The molecule has 2 aromatic rings. The number of carbonyl (C=O) groups is 1. The number of nitrogens with one attached hydrogen (secondary N) is 1. The quantitative estimate of drug-likeness (QED) is 0.599. The first kappa shape index (κ1) is 20.1. The van der Waals surface area contributed by atoms with Crippen LogP contribution in [0, 0.1) is 0 Å². The van der Waals surface area contributed by atoms with Gasteiger partial charge in [-0.15, -0.1) is 0 Å². The molecule has 2 heterocycles. The molecule has 2 aliphatic heterocycles. The van der Waals surface area contributed by atoms with Gasteiger partial charge >= 0.3 is 0 Å². The lowest BCUT2D eigenvalue weighted by Gasteiger charge is -2.29. The molecule has 4 rings (SSSR count). The maximum Gasteiger partial charge on any atom is 0.290 e. The molecule has 158 valence electrons. The number of aromatic hydroxyl groups is 1. The summed E-state index contributed by atoms with van der Waals surface area (Å²) >= 11 is 0. The summed E-state index contributed by atoms with van der Waals surface area (Å²) in [6.45, 7) is 0.516. The van der Waals surface area contributed by atoms with Crippen molar-refractivity contribution in [2.24, 2.45) is 0 Å². The fourth-order valence-electron chi connectivity index (χ4n) is 3.35. The zero-order chi connectivity index (χ0) is 20.9. The van der Waals surface area contributed by atoms with E-state index in [1.807, 2.05) is 18.2 Å². The summed E-state index contributed by atoms with van der Waals surface area (Å²) in [5.74, 6) is 0.943. The third kappa shape index (κ3) is 4.67. The molecule has 0 bridgehead atoms. The molecule has 2 aromatic carbocycles. The van der Waals surface area contributed by atoms with Gasteiger partial charge in [0.25, 0.3) is 5.91 Å². The van der Waals surface area contributed by atoms with E-state index in [0.717, 1.165) is 5.56 Å². The van der Waals surface area contributed by atoms with E-state index in [4.69, 9.17) is 24.1 Å². The second-order valence-corrected chi connectivity index (χ2v) is 6.99. The smallest absolute Gasteiger partial charge is 0.290 e. The molecule has 0 spiro atoms. The monoisotopic (exact) mass is 413 g/mol. The lowest BCUT2D eigenvalue weighted by atomic mass is 9.92. The Bertz CT molecular complexity index is 943. The van der Waals surface area contributed by atoms with E-state index >= 15 is 0 Å². The van der Waals surface area contributed by atoms with Crippen molar-refractivity contribution in [2.45, 2.75) is 25.0 Å². The summed E-state index contributed by atoms with van der Waals surface area (Å²) in [5.41, 5.74) is 1.40. The van der Waals surface area contributed by atoms with E-state index in [9.17, 15) is 9.90 Å². The van der Waals surface area contributed by atoms with Crippen LogP contribution in [0.1, 0.15) is 24.3 Å². The summed E-state index contributed by atoms with van der Waals surface area (Å²) in [5, 5.41) is 21.3. The zero-order valence-corrected chi connectivity index (χ0v) is 16.2. The number of amides is 1. The summed E-state index contributed by atoms with van der Waals surface area (Å²) in [4.78, 5) is 12.8. The maximum atomic E-state index is 12.8. The number of anilines is 1. The molecule has 0 radical (unpaired) electrons. The first-order chi connectivity index (χ1) is 14.6. The predicted octanol–water partition coefficient (Wildman–Crippen LogP) is 2.87. The van der Waals surface area contributed by atoms with Crippen molar-refractivity contribution in [2.75, 3.05) is 25.3 Å². The molecule has 8 heteroatoms. The van der Waals surface area contributed by atoms with E-state index < -0.39 is 12.2 Å². The lowest BCUT2D eigenvalue weighted by molar-refractivity contribution is -0.144.